The van der Waals surface area contributed by atoms with Crippen molar-refractivity contribution in [1.82, 2.24) is 0 Å². The predicted molar refractivity (Wildman–Crippen MR) is 70.9 cm³/mol. The number of halogens is 3. The van der Waals surface area contributed by atoms with E-state index in [9.17, 15) is 13.2 Å². The van der Waals surface area contributed by atoms with Crippen LogP contribution in [0.3, 0.4) is 0 Å². The van der Waals surface area contributed by atoms with Gasteiger partial charge in [-0.1, -0.05) is 18.2 Å². The van der Waals surface area contributed by atoms with Gasteiger partial charge in [0.05, 0.1) is 0 Å². The maximum atomic E-state index is 12.4. The van der Waals surface area contributed by atoms with Crippen LogP contribution in [0.15, 0.2) is 41.8 Å². The van der Waals surface area contributed by atoms with E-state index >= 15 is 0 Å². The third-order valence-corrected chi connectivity index (χ3v) is 3.13. The molecule has 0 aliphatic heterocycles. The minimum Gasteiger partial charge on any atom is -0.382 e. The van der Waals surface area contributed by atoms with Crippen LogP contribution in [0.2, 0.25) is 0 Å². The number of anilines is 1. The van der Waals surface area contributed by atoms with Crippen molar-refractivity contribution in [2.75, 3.05) is 5.32 Å². The first-order chi connectivity index (χ1) is 8.42. The molecule has 0 spiro atoms. The number of hydrogen-bond donors (Lipinski definition) is 1. The highest BCUT2D eigenvalue weighted by Gasteiger charge is 2.30. The number of hydrogen-bond acceptors (Lipinski definition) is 2. The Morgan fingerprint density at radius 2 is 2.06 bits per heavy atom. The van der Waals surface area contributed by atoms with E-state index in [1.807, 2.05) is 6.92 Å². The fraction of sp³-hybridized carbons (Fsp3) is 0.385. The van der Waals surface area contributed by atoms with E-state index in [1.165, 1.54) is 6.07 Å². The predicted octanol–water partition coefficient (Wildman–Crippen LogP) is 5.07. The van der Waals surface area contributed by atoms with Crippen LogP contribution in [-0.4, -0.2) is 11.6 Å². The number of thioether (sulfide) groups is 1. The molecule has 0 amide bonds. The average Bonchev–Trinajstić information content (AvgIpc) is 2.27. The molecule has 1 aromatic carbocycles. The van der Waals surface area contributed by atoms with Crippen molar-refractivity contribution in [1.29, 1.82) is 0 Å². The summed E-state index contributed by atoms with van der Waals surface area (Å²) in [6.07, 6.45) is 3.48. The van der Waals surface area contributed by atoms with Gasteiger partial charge in [0.1, 0.15) is 0 Å². The molecule has 1 aromatic rings. The van der Waals surface area contributed by atoms with Gasteiger partial charge in [-0.15, -0.1) is 6.58 Å². The fourth-order valence-corrected chi connectivity index (χ4v) is 2.14. The summed E-state index contributed by atoms with van der Waals surface area (Å²) in [5.74, 6) is 0. The Morgan fingerprint density at radius 3 is 2.67 bits per heavy atom. The molecule has 1 unspecified atom stereocenters. The quantitative estimate of drug-likeness (QED) is 0.575. The van der Waals surface area contributed by atoms with Gasteiger partial charge in [-0.25, -0.2) is 0 Å². The Bertz CT molecular complexity index is 390. The van der Waals surface area contributed by atoms with Gasteiger partial charge >= 0.3 is 5.51 Å². The summed E-state index contributed by atoms with van der Waals surface area (Å²) < 4.78 is 37.2. The molecule has 0 aromatic heterocycles. The third kappa shape index (κ3) is 5.49. The van der Waals surface area contributed by atoms with Crippen LogP contribution in [0.25, 0.3) is 0 Å². The molecule has 0 aliphatic rings. The van der Waals surface area contributed by atoms with Gasteiger partial charge < -0.3 is 5.32 Å². The summed E-state index contributed by atoms with van der Waals surface area (Å²) in [7, 11) is 0. The lowest BCUT2D eigenvalue weighted by atomic mass is 10.1. The zero-order chi connectivity index (χ0) is 13.6. The molecule has 5 heteroatoms. The van der Waals surface area contributed by atoms with Crippen LogP contribution in [0.5, 0.6) is 0 Å². The molecular weight excluding hydrogens is 259 g/mol. The molecule has 1 nitrogen and oxygen atoms in total. The summed E-state index contributed by atoms with van der Waals surface area (Å²) in [5.41, 5.74) is -3.74. The summed E-state index contributed by atoms with van der Waals surface area (Å²) in [4.78, 5) is 0.204. The molecule has 0 fully saturated rings. The van der Waals surface area contributed by atoms with Crippen LogP contribution in [-0.2, 0) is 0 Å². The Hall–Kier alpha value is -1.10. The summed E-state index contributed by atoms with van der Waals surface area (Å²) in [6.45, 7) is 5.57. The van der Waals surface area contributed by atoms with E-state index in [0.29, 0.717) is 5.69 Å². The van der Waals surface area contributed by atoms with E-state index in [1.54, 1.807) is 24.3 Å². The van der Waals surface area contributed by atoms with Crippen LogP contribution in [0, 0.1) is 0 Å². The Morgan fingerprint density at radius 1 is 1.39 bits per heavy atom. The normalized spacial score (nSPS) is 13.1. The zero-order valence-electron chi connectivity index (χ0n) is 10.1. The van der Waals surface area contributed by atoms with Crippen molar-refractivity contribution < 1.29 is 13.2 Å². The molecule has 1 rings (SSSR count). The van der Waals surface area contributed by atoms with Crippen molar-refractivity contribution in [2.45, 2.75) is 36.2 Å². The molecule has 0 aliphatic carbocycles. The Balaban J connectivity index is 2.72. The second-order valence-corrected chi connectivity index (χ2v) is 5.06. The molecule has 0 radical (unpaired) electrons. The number of para-hydroxylation sites is 1. The lowest BCUT2D eigenvalue weighted by Crippen LogP contribution is -2.15. The van der Waals surface area contributed by atoms with Gasteiger partial charge in [-0.3, -0.25) is 0 Å². The minimum atomic E-state index is -4.26. The molecular formula is C13H16F3NS. The van der Waals surface area contributed by atoms with Crippen LogP contribution < -0.4 is 5.32 Å². The summed E-state index contributed by atoms with van der Waals surface area (Å²) >= 11 is -0.0895. The lowest BCUT2D eigenvalue weighted by molar-refractivity contribution is -0.0327. The second kappa shape index (κ2) is 6.73. The Labute approximate surface area is 109 Å². The summed E-state index contributed by atoms with van der Waals surface area (Å²) in [6, 6.07) is 6.58. The molecule has 0 bridgehead atoms. The molecule has 0 heterocycles. The van der Waals surface area contributed by atoms with Gasteiger partial charge in [0.15, 0.2) is 0 Å². The fourth-order valence-electron chi connectivity index (χ4n) is 1.51. The van der Waals surface area contributed by atoms with E-state index in [4.69, 9.17) is 0 Å². The van der Waals surface area contributed by atoms with Gasteiger partial charge in [0.25, 0.3) is 0 Å². The van der Waals surface area contributed by atoms with Gasteiger partial charge in [0.2, 0.25) is 0 Å². The lowest BCUT2D eigenvalue weighted by Gasteiger charge is -2.17. The van der Waals surface area contributed by atoms with E-state index < -0.39 is 5.51 Å². The smallest absolute Gasteiger partial charge is 0.382 e. The van der Waals surface area contributed by atoms with Crippen LogP contribution >= 0.6 is 11.8 Å². The van der Waals surface area contributed by atoms with Crippen molar-refractivity contribution >= 4 is 17.4 Å². The van der Waals surface area contributed by atoms with Crippen molar-refractivity contribution in [3.8, 4) is 0 Å². The van der Waals surface area contributed by atoms with E-state index in [0.717, 1.165) is 12.8 Å². The maximum Gasteiger partial charge on any atom is 0.446 e. The number of alkyl halides is 3. The SMILES string of the molecule is C=CCCC(C)Nc1ccccc1SC(F)(F)F. The standard InChI is InChI=1S/C13H16F3NS/c1-3-4-7-10(2)17-11-8-5-6-9-12(11)18-13(14,15)16/h3,5-6,8-10,17H,1,4,7H2,2H3. The first-order valence-electron chi connectivity index (χ1n) is 5.64. The summed E-state index contributed by atoms with van der Waals surface area (Å²) in [5, 5.41) is 3.10. The highest BCUT2D eigenvalue weighted by Crippen LogP contribution is 2.40. The van der Waals surface area contributed by atoms with Crippen molar-refractivity contribution in [3.63, 3.8) is 0 Å². The largest absolute Gasteiger partial charge is 0.446 e. The number of allylic oxidation sites excluding steroid dienone is 1. The van der Waals surface area contributed by atoms with Crippen LogP contribution in [0.4, 0.5) is 18.9 Å². The molecule has 100 valence electrons. The highest BCUT2D eigenvalue weighted by atomic mass is 32.2. The topological polar surface area (TPSA) is 12.0 Å². The monoisotopic (exact) mass is 275 g/mol. The molecule has 0 saturated carbocycles. The molecule has 1 atom stereocenters. The zero-order valence-corrected chi connectivity index (χ0v) is 10.9. The van der Waals surface area contributed by atoms with Gasteiger partial charge in [-0.2, -0.15) is 13.2 Å². The minimum absolute atomic E-state index is 0.0895. The number of rotatable bonds is 6. The van der Waals surface area contributed by atoms with Gasteiger partial charge in [0, 0.05) is 16.6 Å². The maximum absolute atomic E-state index is 12.4. The second-order valence-electron chi connectivity index (χ2n) is 3.96. The number of benzene rings is 1. The van der Waals surface area contributed by atoms with Gasteiger partial charge in [-0.05, 0) is 43.7 Å². The number of nitrogens with one attached hydrogen (secondary N) is 1. The van der Waals surface area contributed by atoms with Crippen molar-refractivity contribution in [3.05, 3.63) is 36.9 Å². The first-order valence-corrected chi connectivity index (χ1v) is 6.46. The Kier molecular flexibility index (Phi) is 5.59. The molecule has 0 saturated heterocycles. The van der Waals surface area contributed by atoms with Crippen LogP contribution in [0.1, 0.15) is 19.8 Å². The highest BCUT2D eigenvalue weighted by molar-refractivity contribution is 8.00. The average molecular weight is 275 g/mol. The molecule has 1 N–H and O–H groups in total. The first kappa shape index (κ1) is 15.0. The van der Waals surface area contributed by atoms with Crippen molar-refractivity contribution in [2.24, 2.45) is 0 Å². The van der Waals surface area contributed by atoms with E-state index in [-0.39, 0.29) is 22.7 Å². The molecule has 18 heavy (non-hydrogen) atoms. The van der Waals surface area contributed by atoms with E-state index in [2.05, 4.69) is 11.9 Å². The third-order valence-electron chi connectivity index (χ3n) is 2.32.